The summed E-state index contributed by atoms with van der Waals surface area (Å²) in [7, 11) is 0. The Morgan fingerprint density at radius 1 is 1.08 bits per heavy atom. The molecular weight excluding hydrogens is 513 g/mol. The van der Waals surface area contributed by atoms with E-state index in [2.05, 4.69) is 15.3 Å². The van der Waals surface area contributed by atoms with E-state index in [9.17, 15) is 14.7 Å². The van der Waals surface area contributed by atoms with E-state index in [1.54, 1.807) is 17.0 Å². The number of aromatic hydroxyl groups is 1. The molecule has 1 aliphatic rings. The van der Waals surface area contributed by atoms with Gasteiger partial charge in [0, 0.05) is 50.6 Å². The van der Waals surface area contributed by atoms with E-state index in [0.717, 1.165) is 5.39 Å². The van der Waals surface area contributed by atoms with Gasteiger partial charge in [0.2, 0.25) is 11.9 Å². The van der Waals surface area contributed by atoms with E-state index in [1.807, 2.05) is 29.2 Å². The molecule has 1 amide bonds. The van der Waals surface area contributed by atoms with Crippen molar-refractivity contribution in [2.45, 2.75) is 13.3 Å². The van der Waals surface area contributed by atoms with Crippen LogP contribution in [-0.2, 0) is 9.59 Å². The largest absolute Gasteiger partial charge is 0.508 e. The van der Waals surface area contributed by atoms with Gasteiger partial charge in [0.1, 0.15) is 17.1 Å². The standard InChI is InChI=1S/C27H25ClFN5O4/c1-15(35)33-8-10-34(11-9-33)26-20-14-21(28)23(19-13-17(36)12-16-4-2-3-5-18(16)19)24(29)25(20)31-27(32-26)30-7-6-22(37)38/h2-5,12-14,36H,6-11H2,1H3,(H,37,38)(H,30,31,32). The van der Waals surface area contributed by atoms with Crippen LogP contribution in [0.25, 0.3) is 32.8 Å². The number of carbonyl (C=O) groups excluding carboxylic acids is 1. The van der Waals surface area contributed by atoms with Gasteiger partial charge in [-0.1, -0.05) is 35.9 Å². The van der Waals surface area contributed by atoms with Gasteiger partial charge in [-0.15, -0.1) is 0 Å². The lowest BCUT2D eigenvalue weighted by Gasteiger charge is -2.35. The van der Waals surface area contributed by atoms with E-state index in [0.29, 0.717) is 48.3 Å². The minimum Gasteiger partial charge on any atom is -0.508 e. The van der Waals surface area contributed by atoms with E-state index >= 15 is 4.39 Å². The molecule has 4 aromatic rings. The van der Waals surface area contributed by atoms with Crippen molar-refractivity contribution < 1.29 is 24.2 Å². The zero-order valence-corrected chi connectivity index (χ0v) is 21.3. The molecule has 38 heavy (non-hydrogen) atoms. The Morgan fingerprint density at radius 3 is 2.53 bits per heavy atom. The molecule has 0 spiro atoms. The van der Waals surface area contributed by atoms with Gasteiger partial charge in [0.05, 0.1) is 11.4 Å². The van der Waals surface area contributed by atoms with Gasteiger partial charge in [0.15, 0.2) is 5.82 Å². The summed E-state index contributed by atoms with van der Waals surface area (Å²) in [6.07, 6.45) is -0.169. The molecule has 9 nitrogen and oxygen atoms in total. The summed E-state index contributed by atoms with van der Waals surface area (Å²) in [5.74, 6) is -1.22. The smallest absolute Gasteiger partial charge is 0.305 e. The van der Waals surface area contributed by atoms with Crippen molar-refractivity contribution in [1.29, 1.82) is 0 Å². The highest BCUT2D eigenvalue weighted by atomic mass is 35.5. The molecule has 0 aliphatic carbocycles. The van der Waals surface area contributed by atoms with Crippen molar-refractivity contribution in [2.24, 2.45) is 0 Å². The first-order valence-electron chi connectivity index (χ1n) is 12.1. The molecule has 0 unspecified atom stereocenters. The quantitative estimate of drug-likeness (QED) is 0.329. The number of aliphatic carboxylic acids is 1. The van der Waals surface area contributed by atoms with Crippen molar-refractivity contribution in [2.75, 3.05) is 42.9 Å². The molecule has 1 aliphatic heterocycles. The van der Waals surface area contributed by atoms with Crippen molar-refractivity contribution in [3.8, 4) is 16.9 Å². The fourth-order valence-electron chi connectivity index (χ4n) is 4.76. The van der Waals surface area contributed by atoms with E-state index < -0.39 is 11.8 Å². The molecule has 3 aromatic carbocycles. The molecule has 5 rings (SSSR count). The van der Waals surface area contributed by atoms with Crippen LogP contribution in [0.1, 0.15) is 13.3 Å². The van der Waals surface area contributed by atoms with Crippen LogP contribution >= 0.6 is 11.6 Å². The van der Waals surface area contributed by atoms with E-state index in [1.165, 1.54) is 13.0 Å². The number of hydrogen-bond acceptors (Lipinski definition) is 7. The molecule has 1 saturated heterocycles. The number of amides is 1. The highest BCUT2D eigenvalue weighted by molar-refractivity contribution is 6.35. The molecular formula is C27H25ClFN5O4. The van der Waals surface area contributed by atoms with Crippen LogP contribution in [0.4, 0.5) is 16.2 Å². The number of phenolic OH excluding ortho intramolecular Hbond substituents is 1. The SMILES string of the molecule is CC(=O)N1CCN(c2nc(NCCC(=O)O)nc3c(F)c(-c4cc(O)cc5ccccc45)c(Cl)cc23)CC1. The molecule has 0 bridgehead atoms. The minimum absolute atomic E-state index is 0.00801. The van der Waals surface area contributed by atoms with Crippen LogP contribution in [0, 0.1) is 5.82 Å². The molecule has 11 heteroatoms. The third-order valence-electron chi connectivity index (χ3n) is 6.63. The summed E-state index contributed by atoms with van der Waals surface area (Å²) in [6.45, 7) is 3.47. The topological polar surface area (TPSA) is 119 Å². The number of nitrogens with one attached hydrogen (secondary N) is 1. The first-order valence-corrected chi connectivity index (χ1v) is 12.5. The normalized spacial score (nSPS) is 13.8. The number of phenols is 1. The summed E-state index contributed by atoms with van der Waals surface area (Å²) < 4.78 is 16.4. The van der Waals surface area contributed by atoms with Crippen molar-refractivity contribution in [3.63, 3.8) is 0 Å². The van der Waals surface area contributed by atoms with Gasteiger partial charge in [-0.3, -0.25) is 9.59 Å². The fraction of sp³-hybridized carbons (Fsp3) is 0.259. The number of rotatable bonds is 6. The van der Waals surface area contributed by atoms with Crippen LogP contribution in [0.15, 0.2) is 42.5 Å². The average Bonchev–Trinajstić information content (AvgIpc) is 2.88. The summed E-state index contributed by atoms with van der Waals surface area (Å²) >= 11 is 6.70. The number of carboxylic acid groups (broad SMARTS) is 1. The second-order valence-corrected chi connectivity index (χ2v) is 9.50. The number of carboxylic acids is 1. The summed E-state index contributed by atoms with van der Waals surface area (Å²) in [6, 6.07) is 12.0. The second kappa shape index (κ2) is 10.3. The second-order valence-electron chi connectivity index (χ2n) is 9.09. The zero-order chi connectivity index (χ0) is 27.0. The van der Waals surface area contributed by atoms with Gasteiger partial charge in [0.25, 0.3) is 0 Å². The number of anilines is 2. The monoisotopic (exact) mass is 537 g/mol. The van der Waals surface area contributed by atoms with Crippen LogP contribution in [0.5, 0.6) is 5.75 Å². The number of benzene rings is 3. The molecule has 196 valence electrons. The molecule has 1 fully saturated rings. The number of halogens is 2. The Hall–Kier alpha value is -4.18. The maximum Gasteiger partial charge on any atom is 0.305 e. The highest BCUT2D eigenvalue weighted by Gasteiger charge is 2.26. The van der Waals surface area contributed by atoms with Crippen LogP contribution in [0.3, 0.4) is 0 Å². The molecule has 2 heterocycles. The van der Waals surface area contributed by atoms with Crippen molar-refractivity contribution >= 4 is 56.9 Å². The van der Waals surface area contributed by atoms with Gasteiger partial charge < -0.3 is 25.3 Å². The fourth-order valence-corrected chi connectivity index (χ4v) is 5.06. The average molecular weight is 538 g/mol. The van der Waals surface area contributed by atoms with Gasteiger partial charge in [-0.05, 0) is 34.5 Å². The first-order chi connectivity index (χ1) is 18.2. The predicted molar refractivity (Wildman–Crippen MR) is 144 cm³/mol. The number of nitrogens with zero attached hydrogens (tertiary/aromatic N) is 4. The molecule has 0 saturated carbocycles. The molecule has 3 N–H and O–H groups in total. The number of hydrogen-bond donors (Lipinski definition) is 3. The maximum atomic E-state index is 16.4. The Labute approximate surface area is 222 Å². The van der Waals surface area contributed by atoms with Crippen LogP contribution in [0.2, 0.25) is 5.02 Å². The minimum atomic E-state index is -0.991. The number of aromatic nitrogens is 2. The Bertz CT molecular complexity index is 1570. The Kier molecular flexibility index (Phi) is 6.90. The van der Waals surface area contributed by atoms with Crippen molar-refractivity contribution in [3.05, 3.63) is 53.3 Å². The van der Waals surface area contributed by atoms with Crippen LogP contribution < -0.4 is 10.2 Å². The Morgan fingerprint density at radius 2 is 1.82 bits per heavy atom. The predicted octanol–water partition coefficient (Wildman–Crippen LogP) is 4.50. The molecule has 1 aromatic heterocycles. The highest BCUT2D eigenvalue weighted by Crippen LogP contribution is 2.42. The van der Waals surface area contributed by atoms with Crippen LogP contribution in [-0.4, -0.2) is 69.7 Å². The summed E-state index contributed by atoms with van der Waals surface area (Å²) in [5.41, 5.74) is 0.517. The third-order valence-corrected chi connectivity index (χ3v) is 6.92. The van der Waals surface area contributed by atoms with Gasteiger partial charge >= 0.3 is 5.97 Å². The molecule has 0 radical (unpaired) electrons. The van der Waals surface area contributed by atoms with E-state index in [4.69, 9.17) is 16.7 Å². The summed E-state index contributed by atoms with van der Waals surface area (Å²) in [5, 5.41) is 24.2. The number of carbonyl (C=O) groups is 2. The Balaban J connectivity index is 1.68. The number of piperazine rings is 1. The number of fused-ring (bicyclic) bond motifs is 2. The lowest BCUT2D eigenvalue weighted by molar-refractivity contribution is -0.136. The van der Waals surface area contributed by atoms with Gasteiger partial charge in [-0.25, -0.2) is 9.37 Å². The molecule has 0 atom stereocenters. The maximum absolute atomic E-state index is 16.4. The van der Waals surface area contributed by atoms with E-state index in [-0.39, 0.29) is 46.7 Å². The third kappa shape index (κ3) is 4.87. The lowest BCUT2D eigenvalue weighted by atomic mass is 9.96. The summed E-state index contributed by atoms with van der Waals surface area (Å²) in [4.78, 5) is 35.5. The van der Waals surface area contributed by atoms with Gasteiger partial charge in [-0.2, -0.15) is 4.98 Å². The van der Waals surface area contributed by atoms with Crippen molar-refractivity contribution in [1.82, 2.24) is 14.9 Å². The first kappa shape index (κ1) is 25.5. The lowest BCUT2D eigenvalue weighted by Crippen LogP contribution is -2.48. The zero-order valence-electron chi connectivity index (χ0n) is 20.5.